The van der Waals surface area contributed by atoms with Gasteiger partial charge in [0.05, 0.1) is 18.7 Å². The summed E-state index contributed by atoms with van der Waals surface area (Å²) >= 11 is 0. The fourth-order valence-corrected chi connectivity index (χ4v) is 1.18. The van der Waals surface area contributed by atoms with Crippen LogP contribution >= 0.6 is 0 Å². The third-order valence-corrected chi connectivity index (χ3v) is 1.78. The minimum absolute atomic E-state index is 0.658. The van der Waals surface area contributed by atoms with Crippen molar-refractivity contribution in [3.63, 3.8) is 0 Å². The zero-order valence-corrected chi connectivity index (χ0v) is 7.79. The van der Waals surface area contributed by atoms with Crippen LogP contribution in [0.5, 0.6) is 5.75 Å². The first-order valence-electron chi connectivity index (χ1n) is 4.03. The van der Waals surface area contributed by atoms with Crippen LogP contribution in [0.15, 0.2) is 18.2 Å². The highest BCUT2D eigenvalue weighted by atomic mass is 16.5. The van der Waals surface area contributed by atoms with E-state index in [9.17, 15) is 0 Å². The lowest BCUT2D eigenvalue weighted by Gasteiger charge is -2.07. The Morgan fingerprint density at radius 2 is 2.31 bits per heavy atom. The molecular weight excluding hydrogens is 164 g/mol. The van der Waals surface area contributed by atoms with Crippen molar-refractivity contribution in [1.29, 1.82) is 5.26 Å². The van der Waals surface area contributed by atoms with Crippen molar-refractivity contribution in [2.45, 2.75) is 6.54 Å². The maximum Gasteiger partial charge on any atom is 0.123 e. The van der Waals surface area contributed by atoms with Crippen LogP contribution < -0.4 is 10.1 Å². The second-order valence-corrected chi connectivity index (χ2v) is 2.67. The summed E-state index contributed by atoms with van der Waals surface area (Å²) in [6, 6.07) is 7.48. The maximum absolute atomic E-state index is 8.68. The van der Waals surface area contributed by atoms with Crippen molar-refractivity contribution >= 4 is 0 Å². The number of hydrogen-bond donors (Lipinski definition) is 1. The molecule has 1 aromatic carbocycles. The number of rotatable bonds is 3. The fourth-order valence-electron chi connectivity index (χ4n) is 1.18. The van der Waals surface area contributed by atoms with Crippen molar-refractivity contribution in [2.75, 3.05) is 14.2 Å². The van der Waals surface area contributed by atoms with Crippen molar-refractivity contribution in [2.24, 2.45) is 0 Å². The van der Waals surface area contributed by atoms with Crippen molar-refractivity contribution in [1.82, 2.24) is 5.32 Å². The van der Waals surface area contributed by atoms with Gasteiger partial charge in [0.1, 0.15) is 5.75 Å². The third kappa shape index (κ3) is 2.20. The Balaban J connectivity index is 3.04. The predicted octanol–water partition coefficient (Wildman–Crippen LogP) is 1.29. The van der Waals surface area contributed by atoms with Gasteiger partial charge in [-0.05, 0) is 25.2 Å². The molecule has 0 heterocycles. The zero-order valence-electron chi connectivity index (χ0n) is 7.79. The van der Waals surface area contributed by atoms with E-state index in [1.807, 2.05) is 19.2 Å². The molecule has 0 saturated carbocycles. The monoisotopic (exact) mass is 176 g/mol. The molecule has 3 nitrogen and oxygen atoms in total. The van der Waals surface area contributed by atoms with Gasteiger partial charge in [-0.25, -0.2) is 0 Å². The second-order valence-electron chi connectivity index (χ2n) is 2.67. The predicted molar refractivity (Wildman–Crippen MR) is 50.5 cm³/mol. The summed E-state index contributed by atoms with van der Waals surface area (Å²) in [5.41, 5.74) is 1.66. The fraction of sp³-hybridized carbons (Fsp3) is 0.300. The number of ether oxygens (including phenoxy) is 1. The molecule has 0 radical (unpaired) electrons. The summed E-state index contributed by atoms with van der Waals surface area (Å²) in [5, 5.41) is 11.7. The molecule has 0 bridgehead atoms. The van der Waals surface area contributed by atoms with Crippen LogP contribution in [0.1, 0.15) is 11.1 Å². The van der Waals surface area contributed by atoms with E-state index in [-0.39, 0.29) is 0 Å². The quantitative estimate of drug-likeness (QED) is 0.754. The van der Waals surface area contributed by atoms with Crippen LogP contribution in [0.2, 0.25) is 0 Å². The van der Waals surface area contributed by atoms with Crippen molar-refractivity contribution in [3.8, 4) is 11.8 Å². The van der Waals surface area contributed by atoms with Crippen LogP contribution in [0.25, 0.3) is 0 Å². The summed E-state index contributed by atoms with van der Waals surface area (Å²) in [4.78, 5) is 0. The first kappa shape index (κ1) is 9.56. The molecule has 68 valence electrons. The molecule has 1 aromatic rings. The van der Waals surface area contributed by atoms with E-state index in [2.05, 4.69) is 11.4 Å². The molecule has 0 amide bonds. The van der Waals surface area contributed by atoms with Gasteiger partial charge in [0, 0.05) is 12.1 Å². The molecule has 0 fully saturated rings. The van der Waals surface area contributed by atoms with Crippen LogP contribution in [-0.4, -0.2) is 14.2 Å². The molecule has 0 spiro atoms. The van der Waals surface area contributed by atoms with Gasteiger partial charge < -0.3 is 10.1 Å². The van der Waals surface area contributed by atoms with Crippen LogP contribution in [0, 0.1) is 11.3 Å². The standard InChI is InChI=1S/C10H12N2O/c1-12-7-9-5-8(6-11)3-4-10(9)13-2/h3-5,12H,7H2,1-2H3. The molecular formula is C10H12N2O. The Morgan fingerprint density at radius 3 is 2.85 bits per heavy atom. The lowest BCUT2D eigenvalue weighted by atomic mass is 10.1. The summed E-state index contributed by atoms with van der Waals surface area (Å²) in [6.45, 7) is 0.707. The van der Waals surface area contributed by atoms with Crippen molar-refractivity contribution < 1.29 is 4.74 Å². The first-order valence-corrected chi connectivity index (χ1v) is 4.03. The summed E-state index contributed by atoms with van der Waals surface area (Å²) in [5.74, 6) is 0.813. The highest BCUT2D eigenvalue weighted by molar-refractivity contribution is 5.41. The van der Waals surface area contributed by atoms with E-state index >= 15 is 0 Å². The molecule has 0 unspecified atom stereocenters. The number of benzene rings is 1. The van der Waals surface area contributed by atoms with Gasteiger partial charge in [-0.2, -0.15) is 5.26 Å². The molecule has 0 aliphatic heterocycles. The normalized spacial score (nSPS) is 9.31. The van der Waals surface area contributed by atoms with Gasteiger partial charge in [0.15, 0.2) is 0 Å². The van der Waals surface area contributed by atoms with Crippen LogP contribution in [-0.2, 0) is 6.54 Å². The van der Waals surface area contributed by atoms with Crippen LogP contribution in [0.4, 0.5) is 0 Å². The Kier molecular flexibility index (Phi) is 3.30. The number of nitrogens with one attached hydrogen (secondary N) is 1. The topological polar surface area (TPSA) is 45.0 Å². The van der Waals surface area contributed by atoms with E-state index in [1.165, 1.54) is 0 Å². The number of hydrogen-bond acceptors (Lipinski definition) is 3. The van der Waals surface area contributed by atoms with Gasteiger partial charge in [0.2, 0.25) is 0 Å². The van der Waals surface area contributed by atoms with Gasteiger partial charge in [-0.3, -0.25) is 0 Å². The van der Waals surface area contributed by atoms with Gasteiger partial charge in [0.25, 0.3) is 0 Å². The molecule has 0 saturated heterocycles. The number of nitrogens with zero attached hydrogens (tertiary/aromatic N) is 1. The molecule has 1 rings (SSSR count). The van der Waals surface area contributed by atoms with E-state index in [0.29, 0.717) is 12.1 Å². The highest BCUT2D eigenvalue weighted by Crippen LogP contribution is 2.18. The Hall–Kier alpha value is -1.53. The average Bonchev–Trinajstić information content (AvgIpc) is 2.18. The lowest BCUT2D eigenvalue weighted by molar-refractivity contribution is 0.408. The van der Waals surface area contributed by atoms with E-state index in [4.69, 9.17) is 10.00 Å². The maximum atomic E-state index is 8.68. The molecule has 0 aliphatic carbocycles. The summed E-state index contributed by atoms with van der Waals surface area (Å²) in [6.07, 6.45) is 0. The van der Waals surface area contributed by atoms with E-state index < -0.39 is 0 Å². The molecule has 0 atom stereocenters. The molecule has 0 aromatic heterocycles. The van der Waals surface area contributed by atoms with E-state index in [1.54, 1.807) is 13.2 Å². The minimum atomic E-state index is 0.658. The number of methoxy groups -OCH3 is 1. The lowest BCUT2D eigenvalue weighted by Crippen LogP contribution is -2.06. The third-order valence-electron chi connectivity index (χ3n) is 1.78. The molecule has 3 heteroatoms. The average molecular weight is 176 g/mol. The Bertz CT molecular complexity index is 328. The van der Waals surface area contributed by atoms with Gasteiger partial charge in [-0.1, -0.05) is 0 Å². The summed E-state index contributed by atoms with van der Waals surface area (Å²) < 4.78 is 5.15. The Morgan fingerprint density at radius 1 is 1.54 bits per heavy atom. The molecule has 13 heavy (non-hydrogen) atoms. The zero-order chi connectivity index (χ0) is 9.68. The largest absolute Gasteiger partial charge is 0.496 e. The van der Waals surface area contributed by atoms with Crippen LogP contribution in [0.3, 0.4) is 0 Å². The summed E-state index contributed by atoms with van der Waals surface area (Å²) in [7, 11) is 3.49. The highest BCUT2D eigenvalue weighted by Gasteiger charge is 2.02. The smallest absolute Gasteiger partial charge is 0.123 e. The van der Waals surface area contributed by atoms with E-state index in [0.717, 1.165) is 11.3 Å². The Labute approximate surface area is 77.9 Å². The first-order chi connectivity index (χ1) is 6.31. The van der Waals surface area contributed by atoms with Gasteiger partial charge >= 0.3 is 0 Å². The number of nitriles is 1. The van der Waals surface area contributed by atoms with Gasteiger partial charge in [-0.15, -0.1) is 0 Å². The minimum Gasteiger partial charge on any atom is -0.496 e. The molecule has 1 N–H and O–H groups in total. The SMILES string of the molecule is CNCc1cc(C#N)ccc1OC. The molecule has 0 aliphatic rings. The van der Waals surface area contributed by atoms with Crippen molar-refractivity contribution in [3.05, 3.63) is 29.3 Å². The second kappa shape index (κ2) is 4.48.